The van der Waals surface area contributed by atoms with Crippen molar-refractivity contribution in [1.82, 2.24) is 0 Å². The van der Waals surface area contributed by atoms with Crippen molar-refractivity contribution in [3.05, 3.63) is 71.2 Å². The molecule has 3 rings (SSSR count). The van der Waals surface area contributed by atoms with Crippen LogP contribution < -0.4 is 14.7 Å². The molecule has 1 N–H and O–H groups in total. The number of carboxylic acids is 1. The molecule has 6 nitrogen and oxygen atoms in total. The van der Waals surface area contributed by atoms with Gasteiger partial charge < -0.3 is 14.9 Å². The van der Waals surface area contributed by atoms with Gasteiger partial charge in [-0.2, -0.15) is 0 Å². The molecule has 28 heavy (non-hydrogen) atoms. The Labute approximate surface area is 170 Å². The van der Waals surface area contributed by atoms with E-state index in [1.165, 1.54) is 17.0 Å². The number of nitrogens with zero attached hydrogens (tertiary/aromatic N) is 1. The molecule has 8 heteroatoms. The maximum Gasteiger partial charge on any atom is 0.335 e. The molecule has 142 valence electrons. The summed E-state index contributed by atoms with van der Waals surface area (Å²) in [5.41, 5.74) is 0.575. The van der Waals surface area contributed by atoms with Gasteiger partial charge in [-0.05, 0) is 30.3 Å². The molecule has 0 unspecified atom stereocenters. The minimum Gasteiger partial charge on any atom is -0.872 e. The Balaban J connectivity index is 1.92. The first kappa shape index (κ1) is 19.7. The maximum absolute atomic E-state index is 12.9. The second-order valence-electron chi connectivity index (χ2n) is 5.64. The van der Waals surface area contributed by atoms with Gasteiger partial charge in [-0.15, -0.1) is 0 Å². The van der Waals surface area contributed by atoms with Gasteiger partial charge in [0, 0.05) is 5.56 Å². The molecule has 1 heterocycles. The third kappa shape index (κ3) is 3.92. The SMILES string of the molecule is C=CCOc1ccccc1/C=C1\SC(=S)N(c2ccc(C(=O)O)c([O-])c2)C1=O. The molecule has 0 radical (unpaired) electrons. The van der Waals surface area contributed by atoms with Crippen molar-refractivity contribution in [2.75, 3.05) is 11.5 Å². The van der Waals surface area contributed by atoms with Gasteiger partial charge in [-0.1, -0.05) is 60.6 Å². The standard InChI is InChI=1S/C20H15NO5S2/c1-2-9-26-16-6-4-3-5-12(16)10-17-18(23)21(20(27)28-17)13-7-8-14(19(24)25)15(22)11-13/h2-8,10-11,22H,1,9H2,(H,24,25)/p-1/b17-10-. The van der Waals surface area contributed by atoms with Gasteiger partial charge >= 0.3 is 5.97 Å². The minimum atomic E-state index is -1.32. The fourth-order valence-corrected chi connectivity index (χ4v) is 3.83. The highest BCUT2D eigenvalue weighted by Crippen LogP contribution is 2.38. The molecule has 1 aliphatic heterocycles. The van der Waals surface area contributed by atoms with Crippen LogP contribution in [-0.2, 0) is 4.79 Å². The molecule has 0 aromatic heterocycles. The van der Waals surface area contributed by atoms with E-state index in [9.17, 15) is 14.7 Å². The van der Waals surface area contributed by atoms with E-state index in [0.717, 1.165) is 17.8 Å². The van der Waals surface area contributed by atoms with E-state index in [4.69, 9.17) is 22.1 Å². The normalized spacial score (nSPS) is 15.1. The van der Waals surface area contributed by atoms with Crippen molar-refractivity contribution in [2.24, 2.45) is 0 Å². The van der Waals surface area contributed by atoms with E-state index < -0.39 is 17.6 Å². The molecule has 2 aromatic rings. The number of thiocarbonyl (C=S) groups is 1. The highest BCUT2D eigenvalue weighted by Gasteiger charge is 2.33. The molecular weight excluding hydrogens is 398 g/mol. The topological polar surface area (TPSA) is 89.9 Å². The summed E-state index contributed by atoms with van der Waals surface area (Å²) in [4.78, 5) is 25.4. The third-order valence-corrected chi connectivity index (χ3v) is 5.11. The number of hydrogen-bond donors (Lipinski definition) is 1. The first-order valence-corrected chi connectivity index (χ1v) is 9.30. The summed E-state index contributed by atoms with van der Waals surface area (Å²) >= 11 is 6.38. The van der Waals surface area contributed by atoms with E-state index in [1.807, 2.05) is 18.2 Å². The number of thioether (sulfide) groups is 1. The Morgan fingerprint density at radius 3 is 2.75 bits per heavy atom. The fraction of sp³-hybridized carbons (Fsp3) is 0.0500. The van der Waals surface area contributed by atoms with Crippen LogP contribution in [0.4, 0.5) is 5.69 Å². The van der Waals surface area contributed by atoms with Crippen molar-refractivity contribution in [3.8, 4) is 11.5 Å². The van der Waals surface area contributed by atoms with Crippen LogP contribution >= 0.6 is 24.0 Å². The van der Waals surface area contributed by atoms with Crippen LogP contribution in [-0.4, -0.2) is 27.9 Å². The Morgan fingerprint density at radius 2 is 2.07 bits per heavy atom. The number of carbonyl (C=O) groups is 2. The van der Waals surface area contributed by atoms with Gasteiger partial charge in [0.2, 0.25) is 0 Å². The fourth-order valence-electron chi connectivity index (χ4n) is 2.54. The summed E-state index contributed by atoms with van der Waals surface area (Å²) in [6, 6.07) is 10.9. The summed E-state index contributed by atoms with van der Waals surface area (Å²) in [6.07, 6.45) is 3.29. The van der Waals surface area contributed by atoms with Gasteiger partial charge in [0.05, 0.1) is 16.2 Å². The average molecular weight is 412 g/mol. The monoisotopic (exact) mass is 412 g/mol. The van der Waals surface area contributed by atoms with Crippen molar-refractivity contribution < 1.29 is 24.5 Å². The molecule has 1 aliphatic rings. The second kappa shape index (κ2) is 8.28. The molecule has 0 aliphatic carbocycles. The van der Waals surface area contributed by atoms with Gasteiger partial charge in [-0.25, -0.2) is 4.79 Å². The number of hydrogen-bond acceptors (Lipinski definition) is 6. The lowest BCUT2D eigenvalue weighted by Gasteiger charge is -2.18. The smallest absolute Gasteiger partial charge is 0.335 e. The molecule has 0 spiro atoms. The van der Waals surface area contributed by atoms with Crippen LogP contribution in [0.3, 0.4) is 0 Å². The van der Waals surface area contributed by atoms with Gasteiger partial charge in [-0.3, -0.25) is 9.69 Å². The van der Waals surface area contributed by atoms with Crippen LogP contribution in [0.15, 0.2) is 60.0 Å². The number of benzene rings is 2. The molecule has 0 atom stereocenters. The zero-order valence-electron chi connectivity index (χ0n) is 14.5. The average Bonchev–Trinajstić information content (AvgIpc) is 2.94. The third-order valence-electron chi connectivity index (χ3n) is 3.81. The van der Waals surface area contributed by atoms with E-state index in [2.05, 4.69) is 6.58 Å². The molecule has 1 fully saturated rings. The minimum absolute atomic E-state index is 0.233. The Kier molecular flexibility index (Phi) is 5.81. The van der Waals surface area contributed by atoms with Gasteiger partial charge in [0.15, 0.2) is 4.32 Å². The maximum atomic E-state index is 12.9. The summed E-state index contributed by atoms with van der Waals surface area (Å²) in [7, 11) is 0. The van der Waals surface area contributed by atoms with Gasteiger partial charge in [0.25, 0.3) is 5.91 Å². The Bertz CT molecular complexity index is 1020. The molecular formula is C20H14NO5S2-. The van der Waals surface area contributed by atoms with Crippen molar-refractivity contribution in [2.45, 2.75) is 0 Å². The predicted octanol–water partition coefficient (Wildman–Crippen LogP) is 3.43. The predicted molar refractivity (Wildman–Crippen MR) is 111 cm³/mol. The zero-order chi connectivity index (χ0) is 20.3. The van der Waals surface area contributed by atoms with E-state index in [1.54, 1.807) is 18.2 Å². The van der Waals surface area contributed by atoms with Crippen LogP contribution in [0, 0.1) is 0 Å². The Hall–Kier alpha value is -3.10. The quantitative estimate of drug-likeness (QED) is 0.442. The summed E-state index contributed by atoms with van der Waals surface area (Å²) in [5.74, 6) is -1.81. The highest BCUT2D eigenvalue weighted by atomic mass is 32.2. The Morgan fingerprint density at radius 1 is 1.32 bits per heavy atom. The van der Waals surface area contributed by atoms with E-state index >= 15 is 0 Å². The van der Waals surface area contributed by atoms with Crippen LogP contribution in [0.5, 0.6) is 11.5 Å². The van der Waals surface area contributed by atoms with Crippen LogP contribution in [0.1, 0.15) is 15.9 Å². The molecule has 0 saturated carbocycles. The highest BCUT2D eigenvalue weighted by molar-refractivity contribution is 8.27. The lowest BCUT2D eigenvalue weighted by atomic mass is 10.1. The first-order valence-electron chi connectivity index (χ1n) is 8.07. The second-order valence-corrected chi connectivity index (χ2v) is 7.32. The lowest BCUT2D eigenvalue weighted by Crippen LogP contribution is -2.27. The van der Waals surface area contributed by atoms with Gasteiger partial charge in [0.1, 0.15) is 12.4 Å². The summed E-state index contributed by atoms with van der Waals surface area (Å²) in [6.45, 7) is 3.94. The number of anilines is 1. The zero-order valence-corrected chi connectivity index (χ0v) is 16.1. The summed E-state index contributed by atoms with van der Waals surface area (Å²) in [5, 5.41) is 20.9. The number of ether oxygens (including phenoxy) is 1. The molecule has 0 bridgehead atoms. The number of carbonyl (C=O) groups excluding carboxylic acids is 1. The molecule has 2 aromatic carbocycles. The van der Waals surface area contributed by atoms with Crippen LogP contribution in [0.2, 0.25) is 0 Å². The number of rotatable bonds is 6. The number of para-hydroxylation sites is 1. The largest absolute Gasteiger partial charge is 0.872 e. The van der Waals surface area contributed by atoms with E-state index in [-0.39, 0.29) is 15.6 Å². The summed E-state index contributed by atoms with van der Waals surface area (Å²) < 4.78 is 5.85. The van der Waals surface area contributed by atoms with Crippen LogP contribution in [0.25, 0.3) is 6.08 Å². The first-order chi connectivity index (χ1) is 13.4. The molecule has 1 saturated heterocycles. The van der Waals surface area contributed by atoms with Crippen molar-refractivity contribution in [1.29, 1.82) is 0 Å². The number of aromatic carboxylic acids is 1. The molecule has 1 amide bonds. The lowest BCUT2D eigenvalue weighted by molar-refractivity contribution is -0.268. The number of amides is 1. The van der Waals surface area contributed by atoms with E-state index in [0.29, 0.717) is 22.8 Å². The van der Waals surface area contributed by atoms with Crippen molar-refractivity contribution in [3.63, 3.8) is 0 Å². The number of carboxylic acid groups (broad SMARTS) is 1. The van der Waals surface area contributed by atoms with Crippen molar-refractivity contribution >= 4 is 51.9 Å².